The van der Waals surface area contributed by atoms with Crippen LogP contribution in [0.4, 0.5) is 5.13 Å². The summed E-state index contributed by atoms with van der Waals surface area (Å²) in [5.41, 5.74) is 0.702. The van der Waals surface area contributed by atoms with E-state index in [9.17, 15) is 9.59 Å². The minimum absolute atomic E-state index is 0.00163. The van der Waals surface area contributed by atoms with Crippen LogP contribution >= 0.6 is 11.3 Å². The van der Waals surface area contributed by atoms with Crippen molar-refractivity contribution in [3.05, 3.63) is 47.5 Å². The topological polar surface area (TPSA) is 62.3 Å². The summed E-state index contributed by atoms with van der Waals surface area (Å²) < 4.78 is 0. The molecule has 1 aromatic heterocycles. The lowest BCUT2D eigenvalue weighted by atomic mass is 9.95. The van der Waals surface area contributed by atoms with Gasteiger partial charge in [-0.1, -0.05) is 18.2 Å². The van der Waals surface area contributed by atoms with Crippen LogP contribution in [0.1, 0.15) is 23.2 Å². The number of hydrogen-bond donors (Lipinski definition) is 1. The third kappa shape index (κ3) is 3.33. The van der Waals surface area contributed by atoms with E-state index >= 15 is 0 Å². The molecule has 22 heavy (non-hydrogen) atoms. The van der Waals surface area contributed by atoms with Crippen LogP contribution in [-0.4, -0.2) is 34.8 Å². The monoisotopic (exact) mass is 315 g/mol. The van der Waals surface area contributed by atoms with Crippen molar-refractivity contribution in [2.45, 2.75) is 12.8 Å². The zero-order valence-electron chi connectivity index (χ0n) is 12.1. The molecule has 1 aliphatic heterocycles. The van der Waals surface area contributed by atoms with Crippen molar-refractivity contribution in [3.8, 4) is 0 Å². The molecule has 0 aliphatic carbocycles. The van der Waals surface area contributed by atoms with Crippen LogP contribution in [0.15, 0.2) is 41.9 Å². The number of likely N-dealkylation sites (tertiary alicyclic amines) is 1. The predicted octanol–water partition coefficient (Wildman–Crippen LogP) is 2.63. The normalized spacial score (nSPS) is 15.5. The standard InChI is InChI=1S/C16H17N3O2S/c20-14(18-16-17-8-11-22-16)12-6-9-19(10-7-12)15(21)13-4-2-1-3-5-13/h1-5,8,11-12H,6-7,9-10H2,(H,17,18,20). The number of amides is 2. The van der Waals surface area contributed by atoms with Crippen molar-refractivity contribution in [2.24, 2.45) is 5.92 Å². The van der Waals surface area contributed by atoms with Crippen molar-refractivity contribution in [1.29, 1.82) is 0 Å². The number of hydrogen-bond acceptors (Lipinski definition) is 4. The number of aromatic nitrogens is 1. The highest BCUT2D eigenvalue weighted by atomic mass is 32.1. The third-order valence-electron chi connectivity index (χ3n) is 3.84. The molecule has 0 atom stereocenters. The maximum atomic E-state index is 12.3. The maximum Gasteiger partial charge on any atom is 0.253 e. The summed E-state index contributed by atoms with van der Waals surface area (Å²) in [5.74, 6) is -0.00938. The van der Waals surface area contributed by atoms with Crippen molar-refractivity contribution >= 4 is 28.3 Å². The van der Waals surface area contributed by atoms with E-state index in [1.165, 1.54) is 11.3 Å². The fraction of sp³-hybridized carbons (Fsp3) is 0.312. The van der Waals surface area contributed by atoms with Gasteiger partial charge in [-0.2, -0.15) is 0 Å². The Labute approximate surface area is 133 Å². The Bertz CT molecular complexity index is 635. The Morgan fingerprint density at radius 2 is 1.91 bits per heavy atom. The first kappa shape index (κ1) is 14.7. The molecule has 1 aromatic carbocycles. The molecule has 1 N–H and O–H groups in total. The Morgan fingerprint density at radius 1 is 1.18 bits per heavy atom. The number of carbonyl (C=O) groups excluding carboxylic acids is 2. The van der Waals surface area contributed by atoms with E-state index < -0.39 is 0 Å². The molecule has 6 heteroatoms. The van der Waals surface area contributed by atoms with Crippen LogP contribution in [0.3, 0.4) is 0 Å². The Morgan fingerprint density at radius 3 is 2.55 bits per heavy atom. The first-order valence-electron chi connectivity index (χ1n) is 7.29. The van der Waals surface area contributed by atoms with Gasteiger partial charge in [0.05, 0.1) is 0 Å². The molecule has 1 fully saturated rings. The van der Waals surface area contributed by atoms with Crippen molar-refractivity contribution < 1.29 is 9.59 Å². The fourth-order valence-corrected chi connectivity index (χ4v) is 3.13. The van der Waals surface area contributed by atoms with E-state index in [-0.39, 0.29) is 17.7 Å². The molecule has 0 unspecified atom stereocenters. The van der Waals surface area contributed by atoms with Crippen LogP contribution < -0.4 is 5.32 Å². The molecule has 0 radical (unpaired) electrons. The molecule has 5 nitrogen and oxygen atoms in total. The lowest BCUT2D eigenvalue weighted by Gasteiger charge is -2.31. The smallest absolute Gasteiger partial charge is 0.253 e. The Hall–Kier alpha value is -2.21. The van der Waals surface area contributed by atoms with Gasteiger partial charge in [-0.15, -0.1) is 11.3 Å². The van der Waals surface area contributed by atoms with Crippen LogP contribution in [0.5, 0.6) is 0 Å². The van der Waals surface area contributed by atoms with Gasteiger partial charge in [0, 0.05) is 36.1 Å². The minimum Gasteiger partial charge on any atom is -0.339 e. The maximum absolute atomic E-state index is 12.3. The minimum atomic E-state index is -0.0521. The number of thiazole rings is 1. The van der Waals surface area contributed by atoms with E-state index in [1.807, 2.05) is 40.6 Å². The quantitative estimate of drug-likeness (QED) is 0.947. The second-order valence-electron chi connectivity index (χ2n) is 5.26. The highest BCUT2D eigenvalue weighted by molar-refractivity contribution is 7.13. The highest BCUT2D eigenvalue weighted by Crippen LogP contribution is 2.21. The summed E-state index contributed by atoms with van der Waals surface area (Å²) in [4.78, 5) is 30.4. The molecule has 3 rings (SSSR count). The Kier molecular flexibility index (Phi) is 4.48. The number of nitrogens with one attached hydrogen (secondary N) is 1. The summed E-state index contributed by atoms with van der Waals surface area (Å²) >= 11 is 1.41. The molecule has 0 bridgehead atoms. The number of benzene rings is 1. The first-order chi connectivity index (χ1) is 10.7. The van der Waals surface area contributed by atoms with Crippen LogP contribution in [-0.2, 0) is 4.79 Å². The summed E-state index contributed by atoms with van der Waals surface area (Å²) in [6, 6.07) is 9.27. The number of nitrogens with zero attached hydrogens (tertiary/aromatic N) is 2. The number of carbonyl (C=O) groups is 2. The van der Waals surface area contributed by atoms with E-state index in [0.29, 0.717) is 36.6 Å². The van der Waals surface area contributed by atoms with Gasteiger partial charge in [-0.25, -0.2) is 4.98 Å². The predicted molar refractivity (Wildman–Crippen MR) is 85.8 cm³/mol. The van der Waals surface area contributed by atoms with Crippen molar-refractivity contribution in [2.75, 3.05) is 18.4 Å². The second-order valence-corrected chi connectivity index (χ2v) is 6.15. The van der Waals surface area contributed by atoms with Gasteiger partial charge in [0.15, 0.2) is 5.13 Å². The average molecular weight is 315 g/mol. The summed E-state index contributed by atoms with van der Waals surface area (Å²) in [7, 11) is 0. The van der Waals surface area contributed by atoms with Gasteiger partial charge >= 0.3 is 0 Å². The Balaban J connectivity index is 1.54. The van der Waals surface area contributed by atoms with Gasteiger partial charge in [-0.05, 0) is 25.0 Å². The van der Waals surface area contributed by atoms with E-state index in [1.54, 1.807) is 6.20 Å². The van der Waals surface area contributed by atoms with Crippen molar-refractivity contribution in [1.82, 2.24) is 9.88 Å². The lowest BCUT2D eigenvalue weighted by molar-refractivity contribution is -0.121. The molecule has 2 heterocycles. The van der Waals surface area contributed by atoms with Gasteiger partial charge in [0.25, 0.3) is 5.91 Å². The first-order valence-corrected chi connectivity index (χ1v) is 8.16. The van der Waals surface area contributed by atoms with E-state index in [4.69, 9.17) is 0 Å². The second kappa shape index (κ2) is 6.70. The summed E-state index contributed by atoms with van der Waals surface area (Å²) in [6.45, 7) is 1.23. The number of anilines is 1. The molecule has 1 aliphatic rings. The van der Waals surface area contributed by atoms with Crippen molar-refractivity contribution in [3.63, 3.8) is 0 Å². The van der Waals surface area contributed by atoms with Crippen LogP contribution in [0.2, 0.25) is 0 Å². The van der Waals surface area contributed by atoms with Crippen LogP contribution in [0.25, 0.3) is 0 Å². The number of piperidine rings is 1. The van der Waals surface area contributed by atoms with Crippen LogP contribution in [0, 0.1) is 5.92 Å². The molecule has 114 valence electrons. The fourth-order valence-electron chi connectivity index (χ4n) is 2.60. The van der Waals surface area contributed by atoms with Gasteiger partial charge in [-0.3, -0.25) is 9.59 Å². The number of rotatable bonds is 3. The van der Waals surface area contributed by atoms with Gasteiger partial charge in [0.1, 0.15) is 0 Å². The molecule has 2 aromatic rings. The summed E-state index contributed by atoms with van der Waals surface area (Å²) in [5, 5.41) is 5.29. The zero-order valence-corrected chi connectivity index (χ0v) is 12.9. The SMILES string of the molecule is O=C(Nc1nccs1)C1CCN(C(=O)c2ccccc2)CC1. The highest BCUT2D eigenvalue weighted by Gasteiger charge is 2.28. The molecule has 2 amide bonds. The molecule has 0 saturated carbocycles. The van der Waals surface area contributed by atoms with Gasteiger partial charge < -0.3 is 10.2 Å². The average Bonchev–Trinajstić information content (AvgIpc) is 3.08. The van der Waals surface area contributed by atoms with Gasteiger partial charge in [0.2, 0.25) is 5.91 Å². The molecule has 1 saturated heterocycles. The molecular weight excluding hydrogens is 298 g/mol. The third-order valence-corrected chi connectivity index (χ3v) is 4.52. The lowest BCUT2D eigenvalue weighted by Crippen LogP contribution is -2.41. The largest absolute Gasteiger partial charge is 0.339 e. The van der Waals surface area contributed by atoms with E-state index in [0.717, 1.165) is 0 Å². The summed E-state index contributed by atoms with van der Waals surface area (Å²) in [6.07, 6.45) is 3.05. The zero-order chi connectivity index (χ0) is 15.4. The molecular formula is C16H17N3O2S. The van der Waals surface area contributed by atoms with E-state index in [2.05, 4.69) is 10.3 Å². The molecule has 0 spiro atoms.